The van der Waals surface area contributed by atoms with Crippen LogP contribution in [0.2, 0.25) is 0 Å². The van der Waals surface area contributed by atoms with Gasteiger partial charge in [-0.2, -0.15) is 26.3 Å². The lowest BCUT2D eigenvalue weighted by Crippen LogP contribution is -2.58. The Labute approximate surface area is 244 Å². The van der Waals surface area contributed by atoms with E-state index in [4.69, 9.17) is 28.4 Å². The molecule has 3 aliphatic heterocycles. The van der Waals surface area contributed by atoms with Crippen LogP contribution in [0.3, 0.4) is 0 Å². The van der Waals surface area contributed by atoms with Gasteiger partial charge in [-0.15, -0.1) is 0 Å². The average Bonchev–Trinajstić information content (AvgIpc) is 3.54. The predicted octanol–water partition coefficient (Wildman–Crippen LogP) is 5.37. The number of ether oxygens (including phenoxy) is 6. The van der Waals surface area contributed by atoms with Crippen molar-refractivity contribution >= 4 is 10.9 Å². The topological polar surface area (TPSA) is 80.3 Å². The van der Waals surface area contributed by atoms with Crippen molar-refractivity contribution in [2.45, 2.75) is 82.3 Å². The smallest absolute Gasteiger partial charge is 0.433 e. The number of para-hydroxylation sites is 1. The molecular weight excluding hydrogens is 586 g/mol. The SMILES string of the molecule is CC1(C)O[C@H]2O[C@H]3[C@H](OC(C)(C)O[C@H]3CNC[C]3[CH][CH][CH][C]3Oc3cc(C(F)(F)F)nc4c(C(F)(F)F)cccc34)[C@H]2O1. The minimum atomic E-state index is -5.00. The summed E-state index contributed by atoms with van der Waals surface area (Å²) >= 11 is 0. The minimum absolute atomic E-state index is 0.173. The van der Waals surface area contributed by atoms with E-state index in [2.05, 4.69) is 10.3 Å². The van der Waals surface area contributed by atoms with Crippen molar-refractivity contribution in [2.24, 2.45) is 0 Å². The molecule has 1 aromatic carbocycles. The molecule has 0 unspecified atom stereocenters. The Morgan fingerprint density at radius 1 is 0.884 bits per heavy atom. The van der Waals surface area contributed by atoms with Crippen LogP contribution in [0.5, 0.6) is 5.75 Å². The molecule has 14 heteroatoms. The number of hydrogen-bond donors (Lipinski definition) is 1. The van der Waals surface area contributed by atoms with Gasteiger partial charge in [-0.3, -0.25) is 0 Å². The number of halogens is 6. The first-order valence-electron chi connectivity index (χ1n) is 13.6. The second-order valence-electron chi connectivity index (χ2n) is 11.6. The summed E-state index contributed by atoms with van der Waals surface area (Å²) in [7, 11) is 0. The van der Waals surface area contributed by atoms with Gasteiger partial charge in [-0.05, 0) is 52.7 Å². The van der Waals surface area contributed by atoms with Crippen LogP contribution in [0.4, 0.5) is 26.3 Å². The molecular formula is C29H29F6N2O6. The van der Waals surface area contributed by atoms with Gasteiger partial charge in [-0.25, -0.2) is 4.98 Å². The fourth-order valence-electron chi connectivity index (χ4n) is 5.71. The molecule has 43 heavy (non-hydrogen) atoms. The number of fused-ring (bicyclic) bond motifs is 4. The van der Waals surface area contributed by atoms with E-state index in [1.165, 1.54) is 12.5 Å². The van der Waals surface area contributed by atoms with Crippen molar-refractivity contribution in [3.63, 3.8) is 0 Å². The molecule has 5 atom stereocenters. The van der Waals surface area contributed by atoms with Crippen molar-refractivity contribution in [1.29, 1.82) is 0 Å². The van der Waals surface area contributed by atoms with Gasteiger partial charge in [0.25, 0.3) is 0 Å². The van der Waals surface area contributed by atoms with Crippen LogP contribution in [0, 0.1) is 31.3 Å². The summed E-state index contributed by atoms with van der Waals surface area (Å²) in [6, 6.07) is 3.62. The third-order valence-electron chi connectivity index (χ3n) is 7.39. The zero-order valence-electron chi connectivity index (χ0n) is 23.5. The highest BCUT2D eigenvalue weighted by atomic mass is 19.4. The number of hydrogen-bond acceptors (Lipinski definition) is 8. The van der Waals surface area contributed by atoms with Gasteiger partial charge in [0, 0.05) is 36.9 Å². The molecule has 3 saturated heterocycles. The predicted molar refractivity (Wildman–Crippen MR) is 137 cm³/mol. The molecule has 233 valence electrons. The van der Waals surface area contributed by atoms with E-state index < -0.39 is 77.2 Å². The molecule has 1 saturated carbocycles. The first kappa shape index (κ1) is 30.8. The molecule has 1 N–H and O–H groups in total. The van der Waals surface area contributed by atoms with E-state index in [0.29, 0.717) is 24.6 Å². The first-order valence-corrected chi connectivity index (χ1v) is 13.6. The molecule has 0 amide bonds. The minimum Gasteiger partial charge on any atom is -0.481 e. The molecule has 8 nitrogen and oxygen atoms in total. The van der Waals surface area contributed by atoms with E-state index >= 15 is 0 Å². The Hall–Kier alpha value is -2.23. The average molecular weight is 616 g/mol. The van der Waals surface area contributed by atoms with Crippen LogP contribution in [0.15, 0.2) is 24.3 Å². The van der Waals surface area contributed by atoms with Gasteiger partial charge >= 0.3 is 12.4 Å². The normalized spacial score (nSPS) is 31.0. The monoisotopic (exact) mass is 615 g/mol. The lowest BCUT2D eigenvalue weighted by atomic mass is 10.0. The number of pyridine rings is 1. The highest BCUT2D eigenvalue weighted by molar-refractivity contribution is 5.88. The maximum atomic E-state index is 13.6. The summed E-state index contributed by atoms with van der Waals surface area (Å²) in [5.74, 6) is -1.60. The third kappa shape index (κ3) is 6.19. The van der Waals surface area contributed by atoms with E-state index in [9.17, 15) is 26.3 Å². The number of rotatable bonds is 6. The first-order chi connectivity index (χ1) is 20.0. The summed E-state index contributed by atoms with van der Waals surface area (Å²) in [5, 5.41) is 3.05. The van der Waals surface area contributed by atoms with Crippen molar-refractivity contribution < 1.29 is 54.8 Å². The van der Waals surface area contributed by atoms with Crippen LogP contribution < -0.4 is 10.1 Å². The van der Waals surface area contributed by atoms with Crippen LogP contribution >= 0.6 is 0 Å². The van der Waals surface area contributed by atoms with E-state index in [0.717, 1.165) is 6.07 Å². The van der Waals surface area contributed by atoms with E-state index in [1.807, 2.05) is 0 Å². The largest absolute Gasteiger partial charge is 0.481 e. The molecule has 1 aliphatic carbocycles. The second kappa shape index (κ2) is 10.7. The van der Waals surface area contributed by atoms with Crippen molar-refractivity contribution in [3.05, 3.63) is 66.8 Å². The molecule has 4 heterocycles. The Morgan fingerprint density at radius 2 is 1.60 bits per heavy atom. The summed E-state index contributed by atoms with van der Waals surface area (Å²) in [4.78, 5) is 3.30. The zero-order chi connectivity index (χ0) is 30.9. The second-order valence-corrected chi connectivity index (χ2v) is 11.6. The number of aromatic nitrogens is 1. The van der Waals surface area contributed by atoms with Gasteiger partial charge < -0.3 is 33.7 Å². The van der Waals surface area contributed by atoms with Crippen molar-refractivity contribution in [2.75, 3.05) is 13.1 Å². The summed E-state index contributed by atoms with van der Waals surface area (Å²) in [5.41, 5.74) is -3.64. The molecule has 1 aromatic heterocycles. The summed E-state index contributed by atoms with van der Waals surface area (Å²) in [6.07, 6.45) is -7.35. The van der Waals surface area contributed by atoms with Crippen LogP contribution in [-0.2, 0) is 36.0 Å². The Balaban J connectivity index is 1.16. The summed E-state index contributed by atoms with van der Waals surface area (Å²) in [6.45, 7) is 7.66. The summed E-state index contributed by atoms with van der Waals surface area (Å²) < 4.78 is 118. The van der Waals surface area contributed by atoms with Crippen LogP contribution in [0.1, 0.15) is 39.0 Å². The lowest BCUT2D eigenvalue weighted by molar-refractivity contribution is -0.342. The molecule has 0 bridgehead atoms. The molecule has 2 aromatic rings. The zero-order valence-corrected chi connectivity index (χ0v) is 23.5. The molecule has 4 aliphatic rings. The molecule has 6 rings (SSSR count). The number of benzene rings is 1. The van der Waals surface area contributed by atoms with Crippen molar-refractivity contribution in [3.8, 4) is 5.75 Å². The highest BCUT2D eigenvalue weighted by Crippen LogP contribution is 2.45. The maximum absolute atomic E-state index is 13.6. The molecule has 5 radical (unpaired) electrons. The van der Waals surface area contributed by atoms with Crippen molar-refractivity contribution in [1.82, 2.24) is 10.3 Å². The molecule has 4 fully saturated rings. The Morgan fingerprint density at radius 3 is 2.33 bits per heavy atom. The lowest BCUT2D eigenvalue weighted by Gasteiger charge is -2.44. The number of alkyl halides is 6. The van der Waals surface area contributed by atoms with Gasteiger partial charge in [0.2, 0.25) is 0 Å². The number of nitrogens with zero attached hydrogens (tertiary/aromatic N) is 1. The van der Waals surface area contributed by atoms with E-state index in [-0.39, 0.29) is 18.0 Å². The van der Waals surface area contributed by atoms with E-state index in [1.54, 1.807) is 40.5 Å². The van der Waals surface area contributed by atoms with Gasteiger partial charge in [0.1, 0.15) is 35.9 Å². The highest BCUT2D eigenvalue weighted by Gasteiger charge is 2.61. The van der Waals surface area contributed by atoms with Gasteiger partial charge in [0.05, 0.1) is 11.1 Å². The molecule has 0 spiro atoms. The van der Waals surface area contributed by atoms with Gasteiger partial charge in [-0.1, -0.05) is 6.07 Å². The Bertz CT molecular complexity index is 1350. The standard InChI is InChI=1S/C29H29F6N2O6/c1-26(2)40-19(22-23(41-26)24-25(39-22)43-27(3,4)42-24)13-36-12-14-7-5-10-17(14)38-18-11-20(29(33,34)35)37-21-15(18)8-6-9-16(21)28(30,31)32/h5-11,19,22-25,36H,12-13H2,1-4H3/t19-,22+,23-,24+,25+/m0/s1. The third-order valence-corrected chi connectivity index (χ3v) is 7.39. The fourth-order valence-corrected chi connectivity index (χ4v) is 5.71. The maximum Gasteiger partial charge on any atom is 0.433 e. The van der Waals surface area contributed by atoms with Crippen LogP contribution in [0.25, 0.3) is 10.9 Å². The van der Waals surface area contributed by atoms with Gasteiger partial charge in [0.15, 0.2) is 24.0 Å². The van der Waals surface area contributed by atoms with Crippen LogP contribution in [-0.4, -0.2) is 60.4 Å². The quantitative estimate of drug-likeness (QED) is 0.435. The Kier molecular flexibility index (Phi) is 7.65. The fraction of sp³-hybridized carbons (Fsp3) is 0.517. The number of nitrogens with one attached hydrogen (secondary N) is 1.